The minimum Gasteiger partial charge on any atom is -0.495 e. The molecule has 0 bridgehead atoms. The molecule has 4 nitrogen and oxygen atoms in total. The third-order valence-electron chi connectivity index (χ3n) is 3.10. The first kappa shape index (κ1) is 14.6. The molecule has 0 radical (unpaired) electrons. The van der Waals surface area contributed by atoms with Gasteiger partial charge in [-0.25, -0.2) is 0 Å². The van der Waals surface area contributed by atoms with Crippen LogP contribution in [-0.2, 0) is 6.42 Å². The Morgan fingerprint density at radius 1 is 1.24 bits per heavy atom. The zero-order valence-corrected chi connectivity index (χ0v) is 12.0. The molecular weight excluding hydrogens is 264 g/mol. The molecule has 2 aromatic rings. The number of benzene rings is 2. The van der Waals surface area contributed by atoms with Crippen LogP contribution >= 0.6 is 0 Å². The summed E-state index contributed by atoms with van der Waals surface area (Å²) in [5.74, 6) is 0.414. The summed E-state index contributed by atoms with van der Waals surface area (Å²) in [5, 5.41) is 11.5. The zero-order chi connectivity index (χ0) is 15.2. The van der Waals surface area contributed by atoms with Crippen molar-refractivity contribution in [2.75, 3.05) is 12.4 Å². The molecule has 0 atom stereocenters. The summed E-state index contributed by atoms with van der Waals surface area (Å²) >= 11 is 0. The Bertz CT molecular complexity index is 685. The Morgan fingerprint density at radius 2 is 1.95 bits per heavy atom. The molecule has 2 aromatic carbocycles. The molecule has 0 fully saturated rings. The molecule has 2 rings (SSSR count). The topological polar surface area (TPSA) is 62.1 Å². The van der Waals surface area contributed by atoms with Crippen LogP contribution in [-0.4, -0.2) is 13.0 Å². The number of anilines is 1. The molecule has 1 N–H and O–H groups in total. The van der Waals surface area contributed by atoms with E-state index in [4.69, 9.17) is 10.00 Å². The van der Waals surface area contributed by atoms with Gasteiger partial charge in [-0.05, 0) is 42.3 Å². The van der Waals surface area contributed by atoms with E-state index in [1.807, 2.05) is 25.1 Å². The minimum atomic E-state index is -0.206. The highest BCUT2D eigenvalue weighted by molar-refractivity contribution is 6.05. The van der Waals surface area contributed by atoms with Crippen LogP contribution in [0.5, 0.6) is 5.75 Å². The van der Waals surface area contributed by atoms with E-state index in [1.165, 1.54) is 0 Å². The van der Waals surface area contributed by atoms with Gasteiger partial charge in [0.25, 0.3) is 5.91 Å². The van der Waals surface area contributed by atoms with Crippen molar-refractivity contribution in [2.24, 2.45) is 0 Å². The van der Waals surface area contributed by atoms with Crippen LogP contribution in [0.2, 0.25) is 0 Å². The SMILES string of the molecule is COc1ccc(C)cc1NC(=O)c1ccc(CC#N)cc1. The van der Waals surface area contributed by atoms with Gasteiger partial charge in [0.15, 0.2) is 0 Å². The Hall–Kier alpha value is -2.80. The highest BCUT2D eigenvalue weighted by Gasteiger charge is 2.10. The van der Waals surface area contributed by atoms with Crippen molar-refractivity contribution in [1.82, 2.24) is 0 Å². The van der Waals surface area contributed by atoms with Gasteiger partial charge < -0.3 is 10.1 Å². The molecule has 0 aromatic heterocycles. The number of carbonyl (C=O) groups is 1. The number of ether oxygens (including phenoxy) is 1. The Labute approximate surface area is 124 Å². The first-order valence-electron chi connectivity index (χ1n) is 6.56. The fraction of sp³-hybridized carbons (Fsp3) is 0.176. The largest absolute Gasteiger partial charge is 0.495 e. The normalized spacial score (nSPS) is 9.76. The molecule has 0 aliphatic rings. The van der Waals surface area contributed by atoms with Gasteiger partial charge in [-0.3, -0.25) is 4.79 Å². The molecule has 0 saturated heterocycles. The number of methoxy groups -OCH3 is 1. The second-order valence-electron chi connectivity index (χ2n) is 4.69. The summed E-state index contributed by atoms with van der Waals surface area (Å²) in [6, 6.07) is 14.7. The molecule has 0 saturated carbocycles. The number of hydrogen-bond acceptors (Lipinski definition) is 3. The molecule has 4 heteroatoms. The van der Waals surface area contributed by atoms with E-state index >= 15 is 0 Å². The molecule has 0 unspecified atom stereocenters. The lowest BCUT2D eigenvalue weighted by Gasteiger charge is -2.11. The third-order valence-corrected chi connectivity index (χ3v) is 3.10. The van der Waals surface area contributed by atoms with E-state index in [0.29, 0.717) is 23.4 Å². The van der Waals surface area contributed by atoms with E-state index in [9.17, 15) is 4.79 Å². The zero-order valence-electron chi connectivity index (χ0n) is 12.0. The Balaban J connectivity index is 2.18. The van der Waals surface area contributed by atoms with E-state index in [0.717, 1.165) is 11.1 Å². The van der Waals surface area contributed by atoms with Crippen molar-refractivity contribution in [3.8, 4) is 11.8 Å². The molecule has 1 amide bonds. The molecule has 21 heavy (non-hydrogen) atoms. The van der Waals surface area contributed by atoms with Crippen molar-refractivity contribution in [3.63, 3.8) is 0 Å². The molecule has 0 heterocycles. The smallest absolute Gasteiger partial charge is 0.255 e. The molecular formula is C17H16N2O2. The average molecular weight is 280 g/mol. The summed E-state index contributed by atoms with van der Waals surface area (Å²) < 4.78 is 5.24. The van der Waals surface area contributed by atoms with Gasteiger partial charge in [0.1, 0.15) is 5.75 Å². The Morgan fingerprint density at radius 3 is 2.57 bits per heavy atom. The van der Waals surface area contributed by atoms with E-state index in [1.54, 1.807) is 31.4 Å². The number of nitriles is 1. The maximum atomic E-state index is 12.2. The number of amides is 1. The quantitative estimate of drug-likeness (QED) is 0.934. The highest BCUT2D eigenvalue weighted by Crippen LogP contribution is 2.25. The van der Waals surface area contributed by atoms with Crippen LogP contribution < -0.4 is 10.1 Å². The van der Waals surface area contributed by atoms with Gasteiger partial charge in [0, 0.05) is 5.56 Å². The third kappa shape index (κ3) is 3.61. The van der Waals surface area contributed by atoms with Crippen LogP contribution in [0.3, 0.4) is 0 Å². The second kappa shape index (κ2) is 6.58. The number of carbonyl (C=O) groups excluding carboxylic acids is 1. The maximum Gasteiger partial charge on any atom is 0.255 e. The van der Waals surface area contributed by atoms with Crippen molar-refractivity contribution in [2.45, 2.75) is 13.3 Å². The van der Waals surface area contributed by atoms with E-state index in [-0.39, 0.29) is 5.91 Å². The summed E-state index contributed by atoms with van der Waals surface area (Å²) in [4.78, 5) is 12.2. The van der Waals surface area contributed by atoms with E-state index in [2.05, 4.69) is 11.4 Å². The van der Waals surface area contributed by atoms with Crippen LogP contribution in [0.15, 0.2) is 42.5 Å². The lowest BCUT2D eigenvalue weighted by atomic mass is 10.1. The number of rotatable bonds is 4. The van der Waals surface area contributed by atoms with Crippen molar-refractivity contribution < 1.29 is 9.53 Å². The predicted molar refractivity (Wildman–Crippen MR) is 81.4 cm³/mol. The minimum absolute atomic E-state index is 0.206. The maximum absolute atomic E-state index is 12.2. The fourth-order valence-electron chi connectivity index (χ4n) is 1.98. The number of aryl methyl sites for hydroxylation is 1. The van der Waals surface area contributed by atoms with Gasteiger partial charge in [0.05, 0.1) is 25.3 Å². The first-order valence-corrected chi connectivity index (χ1v) is 6.56. The van der Waals surface area contributed by atoms with Crippen molar-refractivity contribution in [3.05, 3.63) is 59.2 Å². The summed E-state index contributed by atoms with van der Waals surface area (Å²) in [6.07, 6.45) is 0.341. The highest BCUT2D eigenvalue weighted by atomic mass is 16.5. The molecule has 106 valence electrons. The summed E-state index contributed by atoms with van der Waals surface area (Å²) in [6.45, 7) is 1.95. The second-order valence-corrected chi connectivity index (χ2v) is 4.69. The molecule has 0 spiro atoms. The van der Waals surface area contributed by atoms with E-state index < -0.39 is 0 Å². The lowest BCUT2D eigenvalue weighted by Crippen LogP contribution is -2.12. The lowest BCUT2D eigenvalue weighted by molar-refractivity contribution is 0.102. The molecule has 0 aliphatic heterocycles. The monoisotopic (exact) mass is 280 g/mol. The van der Waals surface area contributed by atoms with Crippen LogP contribution in [0.1, 0.15) is 21.5 Å². The van der Waals surface area contributed by atoms with Crippen molar-refractivity contribution >= 4 is 11.6 Å². The van der Waals surface area contributed by atoms with Crippen molar-refractivity contribution in [1.29, 1.82) is 5.26 Å². The fourth-order valence-corrected chi connectivity index (χ4v) is 1.98. The number of nitrogens with one attached hydrogen (secondary N) is 1. The Kier molecular flexibility index (Phi) is 4.57. The predicted octanol–water partition coefficient (Wildman–Crippen LogP) is 3.32. The van der Waals surface area contributed by atoms with Crippen LogP contribution in [0, 0.1) is 18.3 Å². The molecule has 0 aliphatic carbocycles. The van der Waals surface area contributed by atoms with Gasteiger partial charge in [-0.1, -0.05) is 18.2 Å². The van der Waals surface area contributed by atoms with Crippen LogP contribution in [0.4, 0.5) is 5.69 Å². The number of hydrogen-bond donors (Lipinski definition) is 1. The first-order chi connectivity index (χ1) is 10.1. The average Bonchev–Trinajstić information content (AvgIpc) is 2.48. The van der Waals surface area contributed by atoms with Gasteiger partial charge in [-0.2, -0.15) is 5.26 Å². The summed E-state index contributed by atoms with van der Waals surface area (Å²) in [7, 11) is 1.57. The van der Waals surface area contributed by atoms with Gasteiger partial charge >= 0.3 is 0 Å². The summed E-state index contributed by atoms with van der Waals surface area (Å²) in [5.41, 5.74) is 3.11. The standard InChI is InChI=1S/C17H16N2O2/c1-12-3-8-16(21-2)15(11-12)19-17(20)14-6-4-13(5-7-14)9-10-18/h3-8,11H,9H2,1-2H3,(H,19,20). The number of nitrogens with zero attached hydrogens (tertiary/aromatic N) is 1. The van der Waals surface area contributed by atoms with Crippen LogP contribution in [0.25, 0.3) is 0 Å². The van der Waals surface area contributed by atoms with Gasteiger partial charge in [0.2, 0.25) is 0 Å². The van der Waals surface area contributed by atoms with Gasteiger partial charge in [-0.15, -0.1) is 0 Å².